The summed E-state index contributed by atoms with van der Waals surface area (Å²) in [7, 11) is 0. The molecule has 1 aromatic carbocycles. The van der Waals surface area contributed by atoms with Gasteiger partial charge in [0.15, 0.2) is 0 Å². The first kappa shape index (κ1) is 15.1. The molecule has 0 bridgehead atoms. The highest BCUT2D eigenvalue weighted by Crippen LogP contribution is 2.13. The van der Waals surface area contributed by atoms with Gasteiger partial charge in [0.05, 0.1) is 0 Å². The van der Waals surface area contributed by atoms with E-state index in [1.54, 1.807) is 13.0 Å². The average molecular weight is 249 g/mol. The predicted molar refractivity (Wildman–Crippen MR) is 61.5 cm³/mol. The molecular weight excluding hydrogens is 231 g/mol. The highest BCUT2D eigenvalue weighted by Gasteiger charge is 1.94. The molecule has 0 N–H and O–H groups in total. The van der Waals surface area contributed by atoms with E-state index in [9.17, 15) is 4.39 Å². The molecule has 0 nitrogen and oxygen atoms in total. The third-order valence-electron chi connectivity index (χ3n) is 1.13. The summed E-state index contributed by atoms with van der Waals surface area (Å²) in [6, 6.07) is 5.01. The molecule has 0 amide bonds. The molecule has 0 aliphatic heterocycles. The van der Waals surface area contributed by atoms with E-state index in [0.717, 1.165) is 4.47 Å². The minimum Gasteiger partial charge on any atom is -0.207 e. The molecule has 0 heterocycles. The Morgan fingerprint density at radius 2 is 1.54 bits per heavy atom. The summed E-state index contributed by atoms with van der Waals surface area (Å²) in [5, 5.41) is 0. The molecule has 0 saturated carbocycles. The molecule has 76 valence electrons. The Balaban J connectivity index is 0. The lowest BCUT2D eigenvalue weighted by Crippen LogP contribution is -1.78. The summed E-state index contributed by atoms with van der Waals surface area (Å²) in [4.78, 5) is 0. The van der Waals surface area contributed by atoms with E-state index in [4.69, 9.17) is 0 Å². The second-order valence-corrected chi connectivity index (χ2v) is 2.81. The summed E-state index contributed by atoms with van der Waals surface area (Å²) >= 11 is 3.16. The zero-order valence-electron chi connectivity index (χ0n) is 8.99. The topological polar surface area (TPSA) is 0 Å². The van der Waals surface area contributed by atoms with Crippen molar-refractivity contribution in [3.05, 3.63) is 34.1 Å². The molecule has 0 spiro atoms. The second-order valence-electron chi connectivity index (χ2n) is 1.89. The molecule has 13 heavy (non-hydrogen) atoms. The van der Waals surface area contributed by atoms with Gasteiger partial charge in [-0.2, -0.15) is 0 Å². The van der Waals surface area contributed by atoms with Gasteiger partial charge in [-0.05, 0) is 24.6 Å². The highest BCUT2D eigenvalue weighted by molar-refractivity contribution is 9.10. The van der Waals surface area contributed by atoms with Gasteiger partial charge in [-0.15, -0.1) is 0 Å². The lowest BCUT2D eigenvalue weighted by molar-refractivity contribution is 0.617. The van der Waals surface area contributed by atoms with Crippen molar-refractivity contribution in [2.24, 2.45) is 0 Å². The number of rotatable bonds is 0. The Morgan fingerprint density at radius 3 is 1.85 bits per heavy atom. The van der Waals surface area contributed by atoms with E-state index in [1.165, 1.54) is 6.07 Å². The fourth-order valence-corrected chi connectivity index (χ4v) is 0.900. The maximum Gasteiger partial charge on any atom is 0.127 e. The Morgan fingerprint density at radius 1 is 1.08 bits per heavy atom. The quantitative estimate of drug-likeness (QED) is 0.610. The van der Waals surface area contributed by atoms with Crippen LogP contribution in [0.15, 0.2) is 22.7 Å². The largest absolute Gasteiger partial charge is 0.207 e. The van der Waals surface area contributed by atoms with Crippen molar-refractivity contribution in [2.75, 3.05) is 0 Å². The van der Waals surface area contributed by atoms with E-state index in [-0.39, 0.29) is 5.82 Å². The molecule has 1 rings (SSSR count). The number of hydrogen-bond donors (Lipinski definition) is 0. The van der Waals surface area contributed by atoms with Gasteiger partial charge in [0.1, 0.15) is 5.82 Å². The SMILES string of the molecule is CC.CC.Cc1ccc(Br)cc1F. The Bertz CT molecular complexity index is 221. The van der Waals surface area contributed by atoms with Crippen LogP contribution < -0.4 is 0 Å². The predicted octanol–water partition coefficient (Wildman–Crippen LogP) is 4.95. The molecule has 0 fully saturated rings. The highest BCUT2D eigenvalue weighted by atomic mass is 79.9. The Hall–Kier alpha value is -0.370. The smallest absolute Gasteiger partial charge is 0.127 e. The van der Waals surface area contributed by atoms with Crippen LogP contribution in [-0.2, 0) is 0 Å². The van der Waals surface area contributed by atoms with Crippen LogP contribution in [0.3, 0.4) is 0 Å². The van der Waals surface area contributed by atoms with Crippen LogP contribution >= 0.6 is 15.9 Å². The lowest BCUT2D eigenvalue weighted by Gasteiger charge is -1.93. The van der Waals surface area contributed by atoms with E-state index < -0.39 is 0 Å². The van der Waals surface area contributed by atoms with Gasteiger partial charge in [0, 0.05) is 4.47 Å². The van der Waals surface area contributed by atoms with Gasteiger partial charge in [0.2, 0.25) is 0 Å². The third kappa shape index (κ3) is 6.76. The normalized spacial score (nSPS) is 7.62. The maximum absolute atomic E-state index is 12.5. The van der Waals surface area contributed by atoms with Crippen molar-refractivity contribution >= 4 is 15.9 Å². The van der Waals surface area contributed by atoms with Crippen LogP contribution in [0.2, 0.25) is 0 Å². The summed E-state index contributed by atoms with van der Waals surface area (Å²) < 4.78 is 13.3. The average Bonchev–Trinajstić information content (AvgIpc) is 2.18. The summed E-state index contributed by atoms with van der Waals surface area (Å²) in [5.41, 5.74) is 0.679. The van der Waals surface area contributed by atoms with Gasteiger partial charge in [-0.3, -0.25) is 0 Å². The number of hydrogen-bond acceptors (Lipinski definition) is 0. The molecular formula is C11H18BrF. The van der Waals surface area contributed by atoms with E-state index in [0.29, 0.717) is 5.56 Å². The van der Waals surface area contributed by atoms with Crippen molar-refractivity contribution < 1.29 is 4.39 Å². The second kappa shape index (κ2) is 9.72. The van der Waals surface area contributed by atoms with Gasteiger partial charge in [-0.25, -0.2) is 4.39 Å². The fourth-order valence-electron chi connectivity index (χ4n) is 0.567. The molecule has 0 aromatic heterocycles. The monoisotopic (exact) mass is 248 g/mol. The van der Waals surface area contributed by atoms with Crippen LogP contribution in [0.4, 0.5) is 4.39 Å². The molecule has 0 unspecified atom stereocenters. The van der Waals surface area contributed by atoms with Crippen LogP contribution in [0, 0.1) is 12.7 Å². The number of aryl methyl sites for hydroxylation is 1. The molecule has 0 radical (unpaired) electrons. The maximum atomic E-state index is 12.5. The molecule has 0 aliphatic rings. The van der Waals surface area contributed by atoms with Crippen molar-refractivity contribution in [1.29, 1.82) is 0 Å². The minimum atomic E-state index is -0.163. The summed E-state index contributed by atoms with van der Waals surface area (Å²) in [6.07, 6.45) is 0. The minimum absolute atomic E-state index is 0.163. The van der Waals surface area contributed by atoms with Crippen molar-refractivity contribution in [1.82, 2.24) is 0 Å². The standard InChI is InChI=1S/C7H6BrF.2C2H6/c1-5-2-3-6(8)4-7(5)9;2*1-2/h2-4H,1H3;2*1-2H3. The van der Waals surface area contributed by atoms with E-state index in [1.807, 2.05) is 33.8 Å². The van der Waals surface area contributed by atoms with Crippen LogP contribution in [0.25, 0.3) is 0 Å². The number of halogens is 2. The van der Waals surface area contributed by atoms with Crippen LogP contribution in [0.5, 0.6) is 0 Å². The van der Waals surface area contributed by atoms with Gasteiger partial charge >= 0.3 is 0 Å². The first-order valence-electron chi connectivity index (χ1n) is 4.62. The first-order chi connectivity index (χ1) is 6.20. The van der Waals surface area contributed by atoms with Crippen LogP contribution in [0.1, 0.15) is 33.3 Å². The van der Waals surface area contributed by atoms with E-state index in [2.05, 4.69) is 15.9 Å². The summed E-state index contributed by atoms with van der Waals surface area (Å²) in [5.74, 6) is -0.163. The molecule has 0 aliphatic carbocycles. The first-order valence-corrected chi connectivity index (χ1v) is 5.41. The molecule has 0 atom stereocenters. The van der Waals surface area contributed by atoms with Crippen molar-refractivity contribution in [3.63, 3.8) is 0 Å². The van der Waals surface area contributed by atoms with Gasteiger partial charge in [-0.1, -0.05) is 49.7 Å². The third-order valence-corrected chi connectivity index (χ3v) is 1.63. The zero-order valence-corrected chi connectivity index (χ0v) is 10.6. The van der Waals surface area contributed by atoms with Crippen molar-refractivity contribution in [3.8, 4) is 0 Å². The van der Waals surface area contributed by atoms with Crippen LogP contribution in [-0.4, -0.2) is 0 Å². The Labute approximate surface area is 89.3 Å². The molecule has 0 saturated heterocycles. The van der Waals surface area contributed by atoms with Gasteiger partial charge in [0.25, 0.3) is 0 Å². The molecule has 1 aromatic rings. The zero-order chi connectivity index (χ0) is 10.9. The summed E-state index contributed by atoms with van der Waals surface area (Å²) in [6.45, 7) is 9.74. The van der Waals surface area contributed by atoms with E-state index >= 15 is 0 Å². The van der Waals surface area contributed by atoms with Gasteiger partial charge < -0.3 is 0 Å². The molecule has 2 heteroatoms. The fraction of sp³-hybridized carbons (Fsp3) is 0.455. The Kier molecular flexibility index (Phi) is 11.3. The number of benzene rings is 1. The van der Waals surface area contributed by atoms with Crippen molar-refractivity contribution in [2.45, 2.75) is 34.6 Å². The lowest BCUT2D eigenvalue weighted by atomic mass is 10.2.